The van der Waals surface area contributed by atoms with Gasteiger partial charge in [0.1, 0.15) is 0 Å². The van der Waals surface area contributed by atoms with E-state index in [-0.39, 0.29) is 5.91 Å². The van der Waals surface area contributed by atoms with Gasteiger partial charge in [-0.1, -0.05) is 35.9 Å². The molecule has 0 bridgehead atoms. The Morgan fingerprint density at radius 3 is 2.70 bits per heavy atom. The summed E-state index contributed by atoms with van der Waals surface area (Å²) in [6.07, 6.45) is 1.16. The molecule has 0 unspecified atom stereocenters. The molecule has 2 aromatic rings. The number of rotatable bonds is 4. The highest BCUT2D eigenvalue weighted by molar-refractivity contribution is 6.33. The van der Waals surface area contributed by atoms with E-state index in [9.17, 15) is 4.79 Å². The monoisotopic (exact) mass is 288 g/mol. The third-order valence-corrected chi connectivity index (χ3v) is 3.49. The molecule has 0 atom stereocenters. The minimum Gasteiger partial charge on any atom is -0.398 e. The van der Waals surface area contributed by atoms with Crippen LogP contribution in [-0.4, -0.2) is 5.91 Å². The van der Waals surface area contributed by atoms with E-state index in [0.29, 0.717) is 22.8 Å². The van der Waals surface area contributed by atoms with Gasteiger partial charge in [-0.15, -0.1) is 0 Å². The quantitative estimate of drug-likeness (QED) is 0.841. The molecule has 3 nitrogen and oxygen atoms in total. The van der Waals surface area contributed by atoms with Gasteiger partial charge in [0.15, 0.2) is 0 Å². The fourth-order valence-electron chi connectivity index (χ4n) is 1.97. The molecule has 3 N–H and O–H groups in total. The van der Waals surface area contributed by atoms with Gasteiger partial charge in [-0.25, -0.2) is 0 Å². The van der Waals surface area contributed by atoms with Gasteiger partial charge in [0.2, 0.25) is 5.91 Å². The number of amides is 1. The summed E-state index contributed by atoms with van der Waals surface area (Å²) in [7, 11) is 0. The highest BCUT2D eigenvalue weighted by Crippen LogP contribution is 2.22. The molecule has 0 spiro atoms. The van der Waals surface area contributed by atoms with Crippen LogP contribution in [0.15, 0.2) is 42.5 Å². The largest absolute Gasteiger partial charge is 0.398 e. The van der Waals surface area contributed by atoms with Crippen LogP contribution in [0.4, 0.5) is 11.4 Å². The predicted molar refractivity (Wildman–Crippen MR) is 84.0 cm³/mol. The number of nitrogens with one attached hydrogen (secondary N) is 1. The van der Waals surface area contributed by atoms with Gasteiger partial charge in [-0.3, -0.25) is 4.79 Å². The van der Waals surface area contributed by atoms with E-state index >= 15 is 0 Å². The lowest BCUT2D eigenvalue weighted by atomic mass is 10.0. The summed E-state index contributed by atoms with van der Waals surface area (Å²) >= 11 is 5.91. The standard InChI is InChI=1S/C16H17ClN2O/c1-11-4-2-3-5-12(11)6-9-16(20)19-13-7-8-15(18)14(17)10-13/h2-5,7-8,10H,6,9,18H2,1H3,(H,19,20). The Kier molecular flexibility index (Phi) is 4.64. The first kappa shape index (κ1) is 14.4. The van der Waals surface area contributed by atoms with Gasteiger partial charge in [0.25, 0.3) is 0 Å². The molecule has 0 heterocycles. The average Bonchev–Trinajstić information content (AvgIpc) is 2.42. The Hall–Kier alpha value is -2.00. The summed E-state index contributed by atoms with van der Waals surface area (Å²) in [6.45, 7) is 2.05. The second-order valence-corrected chi connectivity index (χ2v) is 5.12. The van der Waals surface area contributed by atoms with E-state index in [4.69, 9.17) is 17.3 Å². The number of nitrogen functional groups attached to an aromatic ring is 1. The molecular weight excluding hydrogens is 272 g/mol. The van der Waals surface area contributed by atoms with Crippen molar-refractivity contribution < 1.29 is 4.79 Å². The second kappa shape index (κ2) is 6.44. The smallest absolute Gasteiger partial charge is 0.224 e. The summed E-state index contributed by atoms with van der Waals surface area (Å²) in [4.78, 5) is 11.9. The van der Waals surface area contributed by atoms with Crippen molar-refractivity contribution in [1.82, 2.24) is 0 Å². The van der Waals surface area contributed by atoms with E-state index in [0.717, 1.165) is 6.42 Å². The predicted octanol–water partition coefficient (Wildman–Crippen LogP) is 3.80. The lowest BCUT2D eigenvalue weighted by Gasteiger charge is -2.08. The van der Waals surface area contributed by atoms with Gasteiger partial charge in [-0.2, -0.15) is 0 Å². The number of hydrogen-bond acceptors (Lipinski definition) is 2. The second-order valence-electron chi connectivity index (χ2n) is 4.71. The van der Waals surface area contributed by atoms with Crippen molar-refractivity contribution >= 4 is 28.9 Å². The van der Waals surface area contributed by atoms with Crippen LogP contribution in [0.1, 0.15) is 17.5 Å². The molecule has 0 fully saturated rings. The van der Waals surface area contributed by atoms with Crippen LogP contribution in [0, 0.1) is 6.92 Å². The van der Waals surface area contributed by atoms with Gasteiger partial charge in [-0.05, 0) is 42.7 Å². The zero-order chi connectivity index (χ0) is 14.5. The average molecular weight is 289 g/mol. The van der Waals surface area contributed by atoms with Crippen LogP contribution < -0.4 is 11.1 Å². The molecule has 0 aliphatic carbocycles. The lowest BCUT2D eigenvalue weighted by molar-refractivity contribution is -0.116. The first-order valence-electron chi connectivity index (χ1n) is 6.45. The van der Waals surface area contributed by atoms with Crippen LogP contribution >= 0.6 is 11.6 Å². The molecule has 2 rings (SSSR count). The fraction of sp³-hybridized carbons (Fsp3) is 0.188. The molecule has 20 heavy (non-hydrogen) atoms. The zero-order valence-corrected chi connectivity index (χ0v) is 12.1. The summed E-state index contributed by atoms with van der Waals surface area (Å²) < 4.78 is 0. The van der Waals surface area contributed by atoms with Gasteiger partial charge in [0.05, 0.1) is 10.7 Å². The van der Waals surface area contributed by atoms with Gasteiger partial charge < -0.3 is 11.1 Å². The Morgan fingerprint density at radius 1 is 1.25 bits per heavy atom. The molecule has 4 heteroatoms. The molecule has 0 aromatic heterocycles. The number of halogens is 1. The van der Waals surface area contributed by atoms with Crippen LogP contribution in [0.3, 0.4) is 0 Å². The third kappa shape index (κ3) is 3.75. The minimum atomic E-state index is -0.0332. The number of nitrogens with two attached hydrogens (primary N) is 1. The molecular formula is C16H17ClN2O. The molecule has 0 radical (unpaired) electrons. The highest BCUT2D eigenvalue weighted by Gasteiger charge is 2.06. The van der Waals surface area contributed by atoms with E-state index in [2.05, 4.69) is 5.32 Å². The SMILES string of the molecule is Cc1ccccc1CCC(=O)Nc1ccc(N)c(Cl)c1. The third-order valence-electron chi connectivity index (χ3n) is 3.17. The molecule has 104 valence electrons. The van der Waals surface area contributed by atoms with Crippen molar-refractivity contribution in [2.75, 3.05) is 11.1 Å². The van der Waals surface area contributed by atoms with E-state index in [1.54, 1.807) is 18.2 Å². The molecule has 0 saturated heterocycles. The number of anilines is 2. The normalized spacial score (nSPS) is 10.3. The number of carbonyl (C=O) groups excluding carboxylic acids is 1. The summed E-state index contributed by atoms with van der Waals surface area (Å²) in [6, 6.07) is 13.2. The van der Waals surface area contributed by atoms with Gasteiger partial charge >= 0.3 is 0 Å². The first-order valence-corrected chi connectivity index (χ1v) is 6.83. The van der Waals surface area contributed by atoms with Crippen molar-refractivity contribution in [3.63, 3.8) is 0 Å². The Morgan fingerprint density at radius 2 is 2.00 bits per heavy atom. The topological polar surface area (TPSA) is 55.1 Å². The molecule has 0 aliphatic rings. The zero-order valence-electron chi connectivity index (χ0n) is 11.3. The van der Waals surface area contributed by atoms with Crippen molar-refractivity contribution in [3.8, 4) is 0 Å². The maximum Gasteiger partial charge on any atom is 0.224 e. The number of benzene rings is 2. The van der Waals surface area contributed by atoms with E-state index in [1.165, 1.54) is 11.1 Å². The van der Waals surface area contributed by atoms with Gasteiger partial charge in [0, 0.05) is 12.1 Å². The Balaban J connectivity index is 1.93. The van der Waals surface area contributed by atoms with Crippen molar-refractivity contribution in [1.29, 1.82) is 0 Å². The molecule has 1 amide bonds. The van der Waals surface area contributed by atoms with E-state index in [1.807, 2.05) is 31.2 Å². The lowest BCUT2D eigenvalue weighted by Crippen LogP contribution is -2.12. The van der Waals surface area contributed by atoms with Crippen LogP contribution in [0.2, 0.25) is 5.02 Å². The first-order chi connectivity index (χ1) is 9.56. The minimum absolute atomic E-state index is 0.0332. The van der Waals surface area contributed by atoms with Crippen molar-refractivity contribution in [3.05, 3.63) is 58.6 Å². The Labute approximate surface area is 123 Å². The fourth-order valence-corrected chi connectivity index (χ4v) is 2.15. The van der Waals surface area contributed by atoms with Crippen molar-refractivity contribution in [2.24, 2.45) is 0 Å². The van der Waals surface area contributed by atoms with Crippen LogP contribution in [0.5, 0.6) is 0 Å². The molecule has 0 saturated carbocycles. The summed E-state index contributed by atoms with van der Waals surface area (Å²) in [5.41, 5.74) is 9.19. The highest BCUT2D eigenvalue weighted by atomic mass is 35.5. The Bertz CT molecular complexity index is 626. The van der Waals surface area contributed by atoms with Crippen molar-refractivity contribution in [2.45, 2.75) is 19.8 Å². The molecule has 2 aromatic carbocycles. The number of aryl methyl sites for hydroxylation is 2. The maximum absolute atomic E-state index is 11.9. The van der Waals surface area contributed by atoms with E-state index < -0.39 is 0 Å². The van der Waals surface area contributed by atoms with Crippen LogP contribution in [-0.2, 0) is 11.2 Å². The summed E-state index contributed by atoms with van der Waals surface area (Å²) in [5.74, 6) is -0.0332. The maximum atomic E-state index is 11.9. The molecule has 0 aliphatic heterocycles. The summed E-state index contributed by atoms with van der Waals surface area (Å²) in [5, 5.41) is 3.27. The number of carbonyl (C=O) groups is 1. The van der Waals surface area contributed by atoms with Crippen LogP contribution in [0.25, 0.3) is 0 Å². The number of hydrogen-bond donors (Lipinski definition) is 2.